The van der Waals surface area contributed by atoms with E-state index in [0.29, 0.717) is 12.0 Å². The number of benzene rings is 1. The number of aryl methyl sites for hydroxylation is 1. The van der Waals surface area contributed by atoms with Crippen LogP contribution in [0.4, 0.5) is 0 Å². The fourth-order valence-electron chi connectivity index (χ4n) is 2.94. The number of carbonyl (C=O) groups excluding carboxylic acids is 1. The molecule has 0 radical (unpaired) electrons. The van der Waals surface area contributed by atoms with Gasteiger partial charge >= 0.3 is 5.97 Å². The van der Waals surface area contributed by atoms with Gasteiger partial charge in [0.1, 0.15) is 0 Å². The summed E-state index contributed by atoms with van der Waals surface area (Å²) in [6.45, 7) is 3.72. The molecule has 2 N–H and O–H groups in total. The van der Waals surface area contributed by atoms with Crippen LogP contribution in [-0.4, -0.2) is 23.0 Å². The number of carbonyl (C=O) groups is 2. The maximum Gasteiger partial charge on any atom is 0.311 e. The fourth-order valence-corrected chi connectivity index (χ4v) is 2.94. The summed E-state index contributed by atoms with van der Waals surface area (Å²) in [6, 6.07) is 7.17. The number of hydrogen-bond acceptors (Lipinski definition) is 2. The Morgan fingerprint density at radius 2 is 2.10 bits per heavy atom. The molecule has 1 amide bonds. The molecule has 108 valence electrons. The van der Waals surface area contributed by atoms with Gasteiger partial charge in [0.2, 0.25) is 0 Å². The van der Waals surface area contributed by atoms with E-state index in [4.69, 9.17) is 0 Å². The molecule has 1 fully saturated rings. The summed E-state index contributed by atoms with van der Waals surface area (Å²) in [6.07, 6.45) is 2.96. The van der Waals surface area contributed by atoms with E-state index in [9.17, 15) is 14.7 Å². The average Bonchev–Trinajstić information content (AvgIpc) is 2.81. The zero-order valence-corrected chi connectivity index (χ0v) is 12.0. The third-order valence-electron chi connectivity index (χ3n) is 4.39. The van der Waals surface area contributed by atoms with E-state index in [-0.39, 0.29) is 11.9 Å². The van der Waals surface area contributed by atoms with Crippen LogP contribution in [0.1, 0.15) is 49.0 Å². The Bertz CT molecular complexity index is 526. The molecule has 1 aromatic carbocycles. The number of rotatable bonds is 4. The highest BCUT2D eigenvalue weighted by Gasteiger charge is 2.45. The van der Waals surface area contributed by atoms with E-state index in [1.165, 1.54) is 0 Å². The van der Waals surface area contributed by atoms with E-state index >= 15 is 0 Å². The van der Waals surface area contributed by atoms with Crippen LogP contribution in [0.5, 0.6) is 0 Å². The number of nitrogens with one attached hydrogen (secondary N) is 1. The van der Waals surface area contributed by atoms with Crippen molar-refractivity contribution in [3.63, 3.8) is 0 Å². The van der Waals surface area contributed by atoms with Crippen molar-refractivity contribution in [3.05, 3.63) is 35.4 Å². The molecule has 1 aliphatic carbocycles. The monoisotopic (exact) mass is 275 g/mol. The van der Waals surface area contributed by atoms with Crippen molar-refractivity contribution in [3.8, 4) is 0 Å². The molecule has 0 aliphatic heterocycles. The van der Waals surface area contributed by atoms with Gasteiger partial charge in [-0.2, -0.15) is 0 Å². The van der Waals surface area contributed by atoms with Crippen LogP contribution in [0.2, 0.25) is 0 Å². The van der Waals surface area contributed by atoms with Crippen LogP contribution >= 0.6 is 0 Å². The molecule has 2 atom stereocenters. The second kappa shape index (κ2) is 5.65. The molecule has 1 aromatic rings. The minimum atomic E-state index is -0.850. The molecule has 0 saturated heterocycles. The van der Waals surface area contributed by atoms with Gasteiger partial charge in [0.05, 0.1) is 5.41 Å². The summed E-state index contributed by atoms with van der Waals surface area (Å²) in [7, 11) is 0. The molecule has 4 nitrogen and oxygen atoms in total. The highest BCUT2D eigenvalue weighted by Crippen LogP contribution is 2.38. The minimum absolute atomic E-state index is 0.165. The third-order valence-corrected chi connectivity index (χ3v) is 4.39. The quantitative estimate of drug-likeness (QED) is 0.887. The first-order chi connectivity index (χ1) is 9.49. The molecule has 0 bridgehead atoms. The average molecular weight is 275 g/mol. The molecule has 20 heavy (non-hydrogen) atoms. The molecule has 0 spiro atoms. The smallest absolute Gasteiger partial charge is 0.311 e. The van der Waals surface area contributed by atoms with Gasteiger partial charge in [-0.15, -0.1) is 0 Å². The van der Waals surface area contributed by atoms with Crippen molar-refractivity contribution in [2.24, 2.45) is 5.41 Å². The second-order valence-electron chi connectivity index (χ2n) is 5.65. The molecule has 0 heterocycles. The van der Waals surface area contributed by atoms with Gasteiger partial charge in [0.15, 0.2) is 0 Å². The predicted molar refractivity (Wildman–Crippen MR) is 76.7 cm³/mol. The van der Waals surface area contributed by atoms with Crippen molar-refractivity contribution in [2.75, 3.05) is 0 Å². The van der Waals surface area contributed by atoms with Crippen molar-refractivity contribution in [1.29, 1.82) is 0 Å². The molecular formula is C16H21NO3. The van der Waals surface area contributed by atoms with Crippen molar-refractivity contribution in [2.45, 2.75) is 45.6 Å². The Morgan fingerprint density at radius 1 is 1.40 bits per heavy atom. The minimum Gasteiger partial charge on any atom is -0.481 e. The fraction of sp³-hybridized carbons (Fsp3) is 0.500. The number of amides is 1. The lowest BCUT2D eigenvalue weighted by atomic mass is 9.84. The maximum atomic E-state index is 12.4. The van der Waals surface area contributed by atoms with Crippen LogP contribution in [-0.2, 0) is 11.2 Å². The summed E-state index contributed by atoms with van der Waals surface area (Å²) in [5.41, 5.74) is 0.784. The summed E-state index contributed by atoms with van der Waals surface area (Å²) in [5.74, 6) is -0.995. The van der Waals surface area contributed by atoms with Gasteiger partial charge in [0.25, 0.3) is 5.91 Å². The lowest BCUT2D eigenvalue weighted by Gasteiger charge is -2.28. The Balaban J connectivity index is 2.18. The first-order valence-corrected chi connectivity index (χ1v) is 7.11. The molecule has 1 aliphatic rings. The third kappa shape index (κ3) is 2.55. The Hall–Kier alpha value is -1.84. The van der Waals surface area contributed by atoms with E-state index < -0.39 is 11.4 Å². The Kier molecular flexibility index (Phi) is 4.12. The zero-order chi connectivity index (χ0) is 14.8. The Labute approximate surface area is 119 Å². The molecule has 1 saturated carbocycles. The summed E-state index contributed by atoms with van der Waals surface area (Å²) >= 11 is 0. The topological polar surface area (TPSA) is 66.4 Å². The van der Waals surface area contributed by atoms with Crippen LogP contribution in [0.3, 0.4) is 0 Å². The molecule has 4 heteroatoms. The molecular weight excluding hydrogens is 254 g/mol. The van der Waals surface area contributed by atoms with Crippen molar-refractivity contribution >= 4 is 11.9 Å². The van der Waals surface area contributed by atoms with E-state index in [0.717, 1.165) is 24.8 Å². The lowest BCUT2D eigenvalue weighted by Crippen LogP contribution is -2.47. The van der Waals surface area contributed by atoms with Crippen LogP contribution < -0.4 is 5.32 Å². The van der Waals surface area contributed by atoms with E-state index in [1.54, 1.807) is 13.0 Å². The number of hydrogen-bond donors (Lipinski definition) is 2. The van der Waals surface area contributed by atoms with Gasteiger partial charge in [-0.05, 0) is 37.8 Å². The highest BCUT2D eigenvalue weighted by atomic mass is 16.4. The lowest BCUT2D eigenvalue weighted by molar-refractivity contribution is -0.148. The maximum absolute atomic E-state index is 12.4. The van der Waals surface area contributed by atoms with Crippen molar-refractivity contribution < 1.29 is 14.7 Å². The number of carboxylic acids is 1. The summed E-state index contributed by atoms with van der Waals surface area (Å²) < 4.78 is 0. The Morgan fingerprint density at radius 3 is 2.75 bits per heavy atom. The molecule has 0 aromatic heterocycles. The number of aliphatic carboxylic acids is 1. The van der Waals surface area contributed by atoms with Crippen LogP contribution in [0.25, 0.3) is 0 Å². The standard InChI is InChI=1S/C16H21NO3/c1-3-11-7-4-5-8-12(11)14(18)17-13-9-6-10-16(13,2)15(19)20/h4-5,7-8,13H,3,6,9-10H2,1-2H3,(H,17,18)(H,19,20). The summed E-state index contributed by atoms with van der Waals surface area (Å²) in [4.78, 5) is 23.8. The van der Waals surface area contributed by atoms with Gasteiger partial charge < -0.3 is 10.4 Å². The first-order valence-electron chi connectivity index (χ1n) is 7.11. The predicted octanol–water partition coefficient (Wildman–Crippen LogP) is 2.62. The van der Waals surface area contributed by atoms with E-state index in [2.05, 4.69) is 5.32 Å². The van der Waals surface area contributed by atoms with Crippen LogP contribution in [0.15, 0.2) is 24.3 Å². The van der Waals surface area contributed by atoms with Crippen molar-refractivity contribution in [1.82, 2.24) is 5.32 Å². The van der Waals surface area contributed by atoms with Gasteiger partial charge in [0, 0.05) is 11.6 Å². The zero-order valence-electron chi connectivity index (χ0n) is 12.0. The first kappa shape index (κ1) is 14.6. The van der Waals surface area contributed by atoms with E-state index in [1.807, 2.05) is 25.1 Å². The number of carboxylic acid groups (broad SMARTS) is 1. The molecule has 2 unspecified atom stereocenters. The normalized spacial score (nSPS) is 25.4. The summed E-state index contributed by atoms with van der Waals surface area (Å²) in [5, 5.41) is 12.3. The largest absolute Gasteiger partial charge is 0.481 e. The van der Waals surface area contributed by atoms with Crippen LogP contribution in [0, 0.1) is 5.41 Å². The molecule has 2 rings (SSSR count). The highest BCUT2D eigenvalue weighted by molar-refractivity contribution is 5.96. The second-order valence-corrected chi connectivity index (χ2v) is 5.65. The SMILES string of the molecule is CCc1ccccc1C(=O)NC1CCCC1(C)C(=O)O. The van der Waals surface area contributed by atoms with Gasteiger partial charge in [-0.1, -0.05) is 31.5 Å². The van der Waals surface area contributed by atoms with Gasteiger partial charge in [-0.25, -0.2) is 0 Å². The van der Waals surface area contributed by atoms with Gasteiger partial charge in [-0.3, -0.25) is 9.59 Å².